The minimum atomic E-state index is -4.77. The van der Waals surface area contributed by atoms with Crippen LogP contribution in [0.15, 0.2) is 45.9 Å². The van der Waals surface area contributed by atoms with Gasteiger partial charge in [-0.25, -0.2) is 13.1 Å². The highest BCUT2D eigenvalue weighted by molar-refractivity contribution is 9.10. The number of hydrogen-bond acceptors (Lipinski definition) is 3. The van der Waals surface area contributed by atoms with Gasteiger partial charge < -0.3 is 0 Å². The standard InChI is InChI=1S/C17H11BrF6N2O2S/c1-2-29(27,28)14-8-10(17(22,23)24)4-6-13(14)26-15(18)11-5-3-9(16(19,20)21)7-12(11)25-26/h3-8H,2H2,1H3. The molecule has 0 spiro atoms. The van der Waals surface area contributed by atoms with Crippen molar-refractivity contribution < 1.29 is 34.8 Å². The monoisotopic (exact) mass is 500 g/mol. The molecule has 0 atom stereocenters. The second kappa shape index (κ2) is 7.01. The summed E-state index contributed by atoms with van der Waals surface area (Å²) in [7, 11) is -4.11. The van der Waals surface area contributed by atoms with Gasteiger partial charge in [-0.1, -0.05) is 6.92 Å². The van der Waals surface area contributed by atoms with E-state index in [-0.39, 0.29) is 21.2 Å². The number of benzene rings is 2. The predicted octanol–water partition coefficient (Wildman–Crippen LogP) is 5.62. The molecule has 0 fully saturated rings. The number of nitrogens with zero attached hydrogens (tertiary/aromatic N) is 2. The third-order valence-electron chi connectivity index (χ3n) is 4.17. The zero-order chi connectivity index (χ0) is 21.8. The fraction of sp³-hybridized carbons (Fsp3) is 0.235. The number of alkyl halides is 6. The molecular formula is C17H11BrF6N2O2S. The van der Waals surface area contributed by atoms with Crippen molar-refractivity contribution in [2.24, 2.45) is 0 Å². The van der Waals surface area contributed by atoms with Crippen molar-refractivity contribution >= 4 is 36.7 Å². The van der Waals surface area contributed by atoms with Crippen LogP contribution in [0.25, 0.3) is 16.6 Å². The molecule has 0 aliphatic carbocycles. The molecule has 0 aliphatic rings. The number of fused-ring (bicyclic) bond motifs is 1. The molecule has 156 valence electrons. The van der Waals surface area contributed by atoms with Crippen LogP contribution in [0.2, 0.25) is 0 Å². The third-order valence-corrected chi connectivity index (χ3v) is 6.69. The smallest absolute Gasteiger partial charge is 0.224 e. The van der Waals surface area contributed by atoms with Crippen molar-refractivity contribution in [2.45, 2.75) is 24.2 Å². The highest BCUT2D eigenvalue weighted by Crippen LogP contribution is 2.37. The number of hydrogen-bond donors (Lipinski definition) is 0. The van der Waals surface area contributed by atoms with Crippen molar-refractivity contribution in [1.29, 1.82) is 0 Å². The normalized spacial score (nSPS) is 13.2. The van der Waals surface area contributed by atoms with E-state index in [1.807, 2.05) is 0 Å². The Morgan fingerprint density at radius 1 is 0.966 bits per heavy atom. The average molecular weight is 501 g/mol. The Bertz CT molecular complexity index is 1200. The molecule has 12 heteroatoms. The summed E-state index contributed by atoms with van der Waals surface area (Å²) in [4.78, 5) is -0.626. The molecule has 1 heterocycles. The largest absolute Gasteiger partial charge is 0.416 e. The Kier molecular flexibility index (Phi) is 5.23. The van der Waals surface area contributed by atoms with E-state index in [0.29, 0.717) is 12.1 Å². The van der Waals surface area contributed by atoms with Gasteiger partial charge in [0.25, 0.3) is 0 Å². The first kappa shape index (κ1) is 21.6. The summed E-state index contributed by atoms with van der Waals surface area (Å²) in [5.41, 5.74) is -2.45. The van der Waals surface area contributed by atoms with Gasteiger partial charge in [-0.05, 0) is 52.3 Å². The summed E-state index contributed by atoms with van der Waals surface area (Å²) in [6, 6.07) is 4.85. The number of halogens is 7. The molecule has 29 heavy (non-hydrogen) atoms. The van der Waals surface area contributed by atoms with Crippen LogP contribution in [0.5, 0.6) is 0 Å². The highest BCUT2D eigenvalue weighted by atomic mass is 79.9. The summed E-state index contributed by atoms with van der Waals surface area (Å²) in [5.74, 6) is -0.474. The van der Waals surface area contributed by atoms with Gasteiger partial charge in [0.2, 0.25) is 0 Å². The molecule has 3 rings (SSSR count). The number of aromatic nitrogens is 2. The molecular weight excluding hydrogens is 490 g/mol. The van der Waals surface area contributed by atoms with Crippen molar-refractivity contribution in [3.8, 4) is 5.69 Å². The summed E-state index contributed by atoms with van der Waals surface area (Å²) < 4.78 is 104. The molecule has 0 bridgehead atoms. The Morgan fingerprint density at radius 3 is 2.07 bits per heavy atom. The maximum absolute atomic E-state index is 13.1. The number of rotatable bonds is 3. The van der Waals surface area contributed by atoms with Crippen LogP contribution in [0.4, 0.5) is 26.3 Å². The van der Waals surface area contributed by atoms with Crippen LogP contribution in [0.1, 0.15) is 18.1 Å². The third kappa shape index (κ3) is 4.00. The van der Waals surface area contributed by atoms with Gasteiger partial charge in [0.05, 0.1) is 33.0 Å². The molecule has 0 radical (unpaired) electrons. The molecule has 0 N–H and O–H groups in total. The summed E-state index contributed by atoms with van der Waals surface area (Å²) in [6.07, 6.45) is -9.39. The summed E-state index contributed by atoms with van der Waals surface area (Å²) >= 11 is 3.15. The highest BCUT2D eigenvalue weighted by Gasteiger charge is 2.34. The molecule has 0 saturated heterocycles. The van der Waals surface area contributed by atoms with Gasteiger partial charge in [-0.2, -0.15) is 31.4 Å². The van der Waals surface area contributed by atoms with Crippen LogP contribution >= 0.6 is 15.9 Å². The maximum atomic E-state index is 13.1. The molecule has 0 amide bonds. The molecule has 4 nitrogen and oxygen atoms in total. The second-order valence-electron chi connectivity index (χ2n) is 6.02. The van der Waals surface area contributed by atoms with E-state index in [4.69, 9.17) is 0 Å². The van der Waals surface area contributed by atoms with Gasteiger partial charge in [0.1, 0.15) is 4.60 Å². The van der Waals surface area contributed by atoms with Gasteiger partial charge in [0.15, 0.2) is 9.84 Å². The van der Waals surface area contributed by atoms with Crippen LogP contribution in [0, 0.1) is 0 Å². The Morgan fingerprint density at radius 2 is 1.52 bits per heavy atom. The van der Waals surface area contributed by atoms with Crippen LogP contribution < -0.4 is 0 Å². The van der Waals surface area contributed by atoms with Crippen LogP contribution in [-0.4, -0.2) is 24.0 Å². The van der Waals surface area contributed by atoms with Gasteiger partial charge in [0, 0.05) is 5.39 Å². The topological polar surface area (TPSA) is 52.0 Å². The van der Waals surface area contributed by atoms with Crippen molar-refractivity contribution in [2.75, 3.05) is 5.75 Å². The first-order valence-electron chi connectivity index (χ1n) is 7.95. The lowest BCUT2D eigenvalue weighted by Crippen LogP contribution is -2.13. The maximum Gasteiger partial charge on any atom is 0.416 e. The van der Waals surface area contributed by atoms with E-state index in [0.717, 1.165) is 28.9 Å². The van der Waals surface area contributed by atoms with E-state index < -0.39 is 44.0 Å². The zero-order valence-corrected chi connectivity index (χ0v) is 16.8. The second-order valence-corrected chi connectivity index (χ2v) is 9.01. The summed E-state index contributed by atoms with van der Waals surface area (Å²) in [6.45, 7) is 1.27. The molecule has 2 aromatic carbocycles. The van der Waals surface area contributed by atoms with Gasteiger partial charge in [-0.3, -0.25) is 0 Å². The Balaban J connectivity index is 2.30. The predicted molar refractivity (Wildman–Crippen MR) is 96.5 cm³/mol. The molecule has 3 aromatic rings. The Hall–Kier alpha value is -2.08. The van der Waals surface area contributed by atoms with E-state index in [1.165, 1.54) is 6.92 Å². The zero-order valence-electron chi connectivity index (χ0n) is 14.4. The average Bonchev–Trinajstić information content (AvgIpc) is 2.96. The van der Waals surface area contributed by atoms with Crippen molar-refractivity contribution in [1.82, 2.24) is 9.78 Å². The number of sulfone groups is 1. The lowest BCUT2D eigenvalue weighted by Gasteiger charge is -2.14. The lowest BCUT2D eigenvalue weighted by molar-refractivity contribution is -0.138. The van der Waals surface area contributed by atoms with Gasteiger partial charge >= 0.3 is 12.4 Å². The van der Waals surface area contributed by atoms with Crippen molar-refractivity contribution in [3.63, 3.8) is 0 Å². The first-order valence-corrected chi connectivity index (χ1v) is 10.4. The Labute approximate surface area is 169 Å². The van der Waals surface area contributed by atoms with Crippen molar-refractivity contribution in [3.05, 3.63) is 52.1 Å². The van der Waals surface area contributed by atoms with E-state index in [1.54, 1.807) is 0 Å². The molecule has 1 aromatic heterocycles. The lowest BCUT2D eigenvalue weighted by atomic mass is 10.1. The SMILES string of the molecule is CCS(=O)(=O)c1cc(C(F)(F)F)ccc1-n1nc2cc(C(F)(F)F)ccc2c1Br. The fourth-order valence-electron chi connectivity index (χ4n) is 2.66. The quantitative estimate of drug-likeness (QED) is 0.438. The fourth-order valence-corrected chi connectivity index (χ4v) is 4.36. The van der Waals surface area contributed by atoms with E-state index in [9.17, 15) is 34.8 Å². The molecule has 0 aliphatic heterocycles. The van der Waals surface area contributed by atoms with Gasteiger partial charge in [-0.15, -0.1) is 0 Å². The molecule has 0 unspecified atom stereocenters. The summed E-state index contributed by atoms with van der Waals surface area (Å²) in [5, 5.41) is 4.22. The van der Waals surface area contributed by atoms with Crippen LogP contribution in [-0.2, 0) is 22.2 Å². The van der Waals surface area contributed by atoms with E-state index >= 15 is 0 Å². The first-order chi connectivity index (χ1) is 13.3. The minimum absolute atomic E-state index is 0.105. The van der Waals surface area contributed by atoms with Crippen LogP contribution in [0.3, 0.4) is 0 Å². The minimum Gasteiger partial charge on any atom is -0.224 e. The van der Waals surface area contributed by atoms with E-state index in [2.05, 4.69) is 21.0 Å². The molecule has 0 saturated carbocycles.